The molecule has 0 aliphatic carbocycles. The summed E-state index contributed by atoms with van der Waals surface area (Å²) < 4.78 is 7.72. The van der Waals surface area contributed by atoms with Crippen molar-refractivity contribution < 1.29 is 4.74 Å². The van der Waals surface area contributed by atoms with E-state index in [-0.39, 0.29) is 24.0 Å². The zero-order valence-electron chi connectivity index (χ0n) is 16.4. The van der Waals surface area contributed by atoms with E-state index in [0.717, 1.165) is 17.2 Å². The Morgan fingerprint density at radius 2 is 1.89 bits per heavy atom. The SMILES string of the molecule is CN=C(NCCOc1ccc(C(C)C)cc1)NCc1nnc2ccccn12.I. The minimum absolute atomic E-state index is 0. The molecule has 1 aromatic carbocycles. The topological polar surface area (TPSA) is 75.8 Å². The average Bonchev–Trinajstić information content (AvgIpc) is 3.11. The quantitative estimate of drug-likeness (QED) is 0.228. The Kier molecular flexibility index (Phi) is 8.49. The monoisotopic (exact) mass is 494 g/mol. The van der Waals surface area contributed by atoms with Crippen LogP contribution in [0.1, 0.15) is 31.2 Å². The van der Waals surface area contributed by atoms with Gasteiger partial charge in [0.05, 0.1) is 13.1 Å². The summed E-state index contributed by atoms with van der Waals surface area (Å²) in [5.41, 5.74) is 2.14. The van der Waals surface area contributed by atoms with Gasteiger partial charge in [0.25, 0.3) is 0 Å². The van der Waals surface area contributed by atoms with Crippen molar-refractivity contribution in [3.63, 3.8) is 0 Å². The molecule has 28 heavy (non-hydrogen) atoms. The second-order valence-corrected chi connectivity index (χ2v) is 6.47. The molecule has 0 saturated heterocycles. The number of nitrogens with one attached hydrogen (secondary N) is 2. The largest absolute Gasteiger partial charge is 0.492 e. The van der Waals surface area contributed by atoms with E-state index in [1.165, 1.54) is 5.56 Å². The third-order valence-electron chi connectivity index (χ3n) is 4.23. The maximum atomic E-state index is 5.77. The molecule has 0 fully saturated rings. The van der Waals surface area contributed by atoms with E-state index >= 15 is 0 Å². The minimum atomic E-state index is 0. The lowest BCUT2D eigenvalue weighted by Crippen LogP contribution is -2.39. The highest BCUT2D eigenvalue weighted by Crippen LogP contribution is 2.18. The molecule has 2 N–H and O–H groups in total. The molecule has 0 aliphatic heterocycles. The van der Waals surface area contributed by atoms with Crippen molar-refractivity contribution in [2.45, 2.75) is 26.3 Å². The van der Waals surface area contributed by atoms with E-state index in [0.29, 0.717) is 31.6 Å². The number of guanidine groups is 1. The molecule has 150 valence electrons. The Morgan fingerprint density at radius 3 is 2.61 bits per heavy atom. The molecule has 2 aromatic heterocycles. The summed E-state index contributed by atoms with van der Waals surface area (Å²) in [6, 6.07) is 14.1. The average molecular weight is 494 g/mol. The van der Waals surface area contributed by atoms with Crippen LogP contribution in [-0.4, -0.2) is 40.8 Å². The second kappa shape index (κ2) is 10.8. The van der Waals surface area contributed by atoms with Crippen molar-refractivity contribution in [3.8, 4) is 5.75 Å². The minimum Gasteiger partial charge on any atom is -0.492 e. The molecule has 0 aliphatic rings. The molecule has 0 amide bonds. The summed E-state index contributed by atoms with van der Waals surface area (Å²) in [6.07, 6.45) is 1.95. The Morgan fingerprint density at radius 1 is 1.11 bits per heavy atom. The number of aliphatic imine (C=N–C) groups is 1. The van der Waals surface area contributed by atoms with Crippen molar-refractivity contribution in [1.82, 2.24) is 25.2 Å². The van der Waals surface area contributed by atoms with Crippen LogP contribution in [0.2, 0.25) is 0 Å². The Balaban J connectivity index is 0.00000280. The maximum Gasteiger partial charge on any atom is 0.191 e. The van der Waals surface area contributed by atoms with Crippen LogP contribution in [0.25, 0.3) is 5.65 Å². The number of rotatable bonds is 7. The highest BCUT2D eigenvalue weighted by atomic mass is 127. The summed E-state index contributed by atoms with van der Waals surface area (Å²) in [4.78, 5) is 4.22. The lowest BCUT2D eigenvalue weighted by atomic mass is 10.0. The fourth-order valence-corrected chi connectivity index (χ4v) is 2.68. The third kappa shape index (κ3) is 5.82. The van der Waals surface area contributed by atoms with Crippen LogP contribution < -0.4 is 15.4 Å². The van der Waals surface area contributed by atoms with Gasteiger partial charge in [0.1, 0.15) is 12.4 Å². The van der Waals surface area contributed by atoms with Gasteiger partial charge in [-0.3, -0.25) is 9.39 Å². The number of hydrogen-bond acceptors (Lipinski definition) is 4. The first-order valence-corrected chi connectivity index (χ1v) is 9.13. The van der Waals surface area contributed by atoms with Crippen molar-refractivity contribution in [1.29, 1.82) is 0 Å². The molecule has 2 heterocycles. The molecular weight excluding hydrogens is 467 g/mol. The van der Waals surface area contributed by atoms with Crippen molar-refractivity contribution >= 4 is 35.6 Å². The molecule has 0 bridgehead atoms. The first kappa shape index (κ1) is 21.9. The number of fused-ring (bicyclic) bond motifs is 1. The van der Waals surface area contributed by atoms with Crippen LogP contribution >= 0.6 is 24.0 Å². The fraction of sp³-hybridized carbons (Fsp3) is 0.350. The highest BCUT2D eigenvalue weighted by molar-refractivity contribution is 14.0. The van der Waals surface area contributed by atoms with Crippen molar-refractivity contribution in [2.24, 2.45) is 4.99 Å². The van der Waals surface area contributed by atoms with E-state index < -0.39 is 0 Å². The molecule has 7 nitrogen and oxygen atoms in total. The lowest BCUT2D eigenvalue weighted by molar-refractivity contribution is 0.322. The van der Waals surface area contributed by atoms with Gasteiger partial charge in [-0.1, -0.05) is 32.0 Å². The van der Waals surface area contributed by atoms with Gasteiger partial charge in [-0.05, 0) is 35.7 Å². The number of hydrogen-bond donors (Lipinski definition) is 2. The molecule has 0 radical (unpaired) electrons. The Bertz CT molecular complexity index is 891. The Hall–Kier alpha value is -2.36. The van der Waals surface area contributed by atoms with Gasteiger partial charge < -0.3 is 15.4 Å². The normalized spacial score (nSPS) is 11.4. The van der Waals surface area contributed by atoms with Crippen LogP contribution in [0.3, 0.4) is 0 Å². The van der Waals surface area contributed by atoms with Gasteiger partial charge in [-0.15, -0.1) is 34.2 Å². The third-order valence-corrected chi connectivity index (χ3v) is 4.23. The van der Waals surface area contributed by atoms with Crippen LogP contribution in [0.5, 0.6) is 5.75 Å². The van der Waals surface area contributed by atoms with Crippen molar-refractivity contribution in [3.05, 3.63) is 60.0 Å². The first-order valence-electron chi connectivity index (χ1n) is 9.13. The standard InChI is InChI=1S/C20H26N6O.HI/c1-15(2)16-7-9-17(10-8-16)27-13-11-22-20(21-3)23-14-19-25-24-18-6-4-5-12-26(18)19;/h4-10,12,15H,11,13-14H2,1-3H3,(H2,21,22,23);1H. The molecule has 3 rings (SSSR count). The number of benzene rings is 1. The summed E-state index contributed by atoms with van der Waals surface area (Å²) in [5, 5.41) is 14.8. The van der Waals surface area contributed by atoms with Gasteiger partial charge in [-0.25, -0.2) is 0 Å². The van der Waals surface area contributed by atoms with E-state index in [4.69, 9.17) is 4.74 Å². The van der Waals surface area contributed by atoms with Gasteiger partial charge in [-0.2, -0.15) is 0 Å². The first-order chi connectivity index (χ1) is 13.2. The van der Waals surface area contributed by atoms with Crippen LogP contribution in [-0.2, 0) is 6.54 Å². The van der Waals surface area contributed by atoms with E-state index in [9.17, 15) is 0 Å². The van der Waals surface area contributed by atoms with Crippen molar-refractivity contribution in [2.75, 3.05) is 20.2 Å². The molecule has 0 saturated carbocycles. The molecule has 0 atom stereocenters. The van der Waals surface area contributed by atoms with Gasteiger partial charge in [0.15, 0.2) is 17.4 Å². The van der Waals surface area contributed by atoms with Crippen LogP contribution in [0, 0.1) is 0 Å². The summed E-state index contributed by atoms with van der Waals surface area (Å²) in [7, 11) is 1.74. The molecule has 8 heteroatoms. The van der Waals surface area contributed by atoms with Crippen LogP contribution in [0.15, 0.2) is 53.7 Å². The number of halogens is 1. The summed E-state index contributed by atoms with van der Waals surface area (Å²) in [6.45, 7) is 6.09. The van der Waals surface area contributed by atoms with E-state index in [1.807, 2.05) is 40.9 Å². The van der Waals surface area contributed by atoms with E-state index in [2.05, 4.69) is 51.8 Å². The predicted molar refractivity (Wildman–Crippen MR) is 123 cm³/mol. The number of aromatic nitrogens is 3. The molecular formula is C20H27IN6O. The lowest BCUT2D eigenvalue weighted by Gasteiger charge is -2.12. The number of ether oxygens (including phenoxy) is 1. The summed E-state index contributed by atoms with van der Waals surface area (Å²) in [5.74, 6) is 2.92. The Labute approximate surface area is 182 Å². The number of pyridine rings is 1. The zero-order chi connectivity index (χ0) is 19.1. The number of nitrogens with zero attached hydrogens (tertiary/aromatic N) is 4. The molecule has 0 spiro atoms. The van der Waals surface area contributed by atoms with Crippen LogP contribution in [0.4, 0.5) is 0 Å². The fourth-order valence-electron chi connectivity index (χ4n) is 2.68. The predicted octanol–water partition coefficient (Wildman–Crippen LogP) is 3.21. The molecule has 3 aromatic rings. The van der Waals surface area contributed by atoms with E-state index in [1.54, 1.807) is 7.05 Å². The highest BCUT2D eigenvalue weighted by Gasteiger charge is 2.05. The maximum absolute atomic E-state index is 5.77. The zero-order valence-corrected chi connectivity index (χ0v) is 18.8. The second-order valence-electron chi connectivity index (χ2n) is 6.47. The van der Waals surface area contributed by atoms with Gasteiger partial charge in [0.2, 0.25) is 0 Å². The van der Waals surface area contributed by atoms with Gasteiger partial charge in [0, 0.05) is 13.2 Å². The van der Waals surface area contributed by atoms with Gasteiger partial charge >= 0.3 is 0 Å². The summed E-state index contributed by atoms with van der Waals surface area (Å²) >= 11 is 0. The molecule has 0 unspecified atom stereocenters. The smallest absolute Gasteiger partial charge is 0.191 e.